The summed E-state index contributed by atoms with van der Waals surface area (Å²) in [5, 5.41) is 9.68. The number of carboxylic acid groups (broad SMARTS) is 1. The van der Waals surface area contributed by atoms with Gasteiger partial charge >= 0.3 is 5.97 Å². The minimum atomic E-state index is -1.14. The predicted molar refractivity (Wildman–Crippen MR) is 71.4 cm³/mol. The van der Waals surface area contributed by atoms with Gasteiger partial charge in [0, 0.05) is 5.69 Å². The molecule has 0 saturated carbocycles. The van der Waals surface area contributed by atoms with Crippen molar-refractivity contribution in [3.05, 3.63) is 52.2 Å². The molecule has 0 fully saturated rings. The molecular formula is C14H9NO4. The summed E-state index contributed by atoms with van der Waals surface area (Å²) in [4.78, 5) is 23.4. The second-order valence-corrected chi connectivity index (χ2v) is 4.17. The van der Waals surface area contributed by atoms with Gasteiger partial charge in [-0.15, -0.1) is 0 Å². The van der Waals surface area contributed by atoms with Crippen LogP contribution >= 0.6 is 0 Å². The Balaban J connectivity index is 2.57. The van der Waals surface area contributed by atoms with Gasteiger partial charge in [0.05, 0.1) is 10.8 Å². The number of hydrogen-bond acceptors (Lipinski definition) is 4. The summed E-state index contributed by atoms with van der Waals surface area (Å²) in [6.45, 7) is 0. The van der Waals surface area contributed by atoms with E-state index in [-0.39, 0.29) is 22.0 Å². The Labute approximate surface area is 106 Å². The Kier molecular flexibility index (Phi) is 2.28. The minimum absolute atomic E-state index is 0.0340. The number of rotatable bonds is 1. The van der Waals surface area contributed by atoms with Crippen LogP contribution in [0, 0.1) is 0 Å². The maximum atomic E-state index is 12.3. The molecule has 0 spiro atoms. The molecule has 1 heterocycles. The molecule has 1 aromatic heterocycles. The van der Waals surface area contributed by atoms with Crippen molar-refractivity contribution in [2.75, 3.05) is 5.73 Å². The molecule has 3 N–H and O–H groups in total. The summed E-state index contributed by atoms with van der Waals surface area (Å²) in [5.41, 5.74) is 6.17. The number of carboxylic acids is 1. The number of nitrogen functional groups attached to an aromatic ring is 1. The molecule has 0 unspecified atom stereocenters. The van der Waals surface area contributed by atoms with E-state index >= 15 is 0 Å². The van der Waals surface area contributed by atoms with Crippen molar-refractivity contribution < 1.29 is 14.3 Å². The van der Waals surface area contributed by atoms with E-state index in [0.717, 1.165) is 0 Å². The SMILES string of the molecule is Nc1ccc2oc3c(C(=O)O)cccc3c(=O)c2c1. The Morgan fingerprint density at radius 1 is 1.16 bits per heavy atom. The largest absolute Gasteiger partial charge is 0.478 e. The molecule has 2 aromatic carbocycles. The Morgan fingerprint density at radius 3 is 2.68 bits per heavy atom. The van der Waals surface area contributed by atoms with Crippen molar-refractivity contribution in [3.63, 3.8) is 0 Å². The van der Waals surface area contributed by atoms with E-state index in [9.17, 15) is 9.59 Å². The van der Waals surface area contributed by atoms with Crippen molar-refractivity contribution >= 4 is 33.6 Å². The van der Waals surface area contributed by atoms with Crippen molar-refractivity contribution in [3.8, 4) is 0 Å². The zero-order valence-electron chi connectivity index (χ0n) is 9.71. The fraction of sp³-hybridized carbons (Fsp3) is 0. The van der Waals surface area contributed by atoms with Crippen molar-refractivity contribution in [2.45, 2.75) is 0 Å². The van der Waals surface area contributed by atoms with Gasteiger partial charge in [-0.1, -0.05) is 6.07 Å². The molecule has 3 aromatic rings. The van der Waals surface area contributed by atoms with Crippen molar-refractivity contribution in [2.24, 2.45) is 0 Å². The first-order valence-corrected chi connectivity index (χ1v) is 5.56. The highest BCUT2D eigenvalue weighted by atomic mass is 16.4. The molecule has 0 amide bonds. The Morgan fingerprint density at radius 2 is 1.95 bits per heavy atom. The van der Waals surface area contributed by atoms with Crippen LogP contribution < -0.4 is 11.2 Å². The first-order valence-electron chi connectivity index (χ1n) is 5.56. The van der Waals surface area contributed by atoms with Crippen LogP contribution in [0.3, 0.4) is 0 Å². The zero-order valence-corrected chi connectivity index (χ0v) is 9.71. The van der Waals surface area contributed by atoms with E-state index in [1.54, 1.807) is 12.1 Å². The number of aromatic carboxylic acids is 1. The van der Waals surface area contributed by atoms with Crippen LogP contribution in [0.15, 0.2) is 45.6 Å². The smallest absolute Gasteiger partial charge is 0.339 e. The summed E-state index contributed by atoms with van der Waals surface area (Å²) in [6, 6.07) is 9.13. The molecule has 5 nitrogen and oxygen atoms in total. The van der Waals surface area contributed by atoms with Gasteiger partial charge in [0.25, 0.3) is 0 Å². The summed E-state index contributed by atoms with van der Waals surface area (Å²) in [7, 11) is 0. The number of nitrogens with two attached hydrogens (primary N) is 1. The van der Waals surface area contributed by atoms with Crippen LogP contribution in [-0.4, -0.2) is 11.1 Å². The van der Waals surface area contributed by atoms with Crippen LogP contribution in [0.25, 0.3) is 21.9 Å². The van der Waals surface area contributed by atoms with E-state index in [1.165, 1.54) is 24.3 Å². The molecule has 0 aliphatic carbocycles. The third-order valence-corrected chi connectivity index (χ3v) is 2.95. The highest BCUT2D eigenvalue weighted by Gasteiger charge is 2.14. The van der Waals surface area contributed by atoms with E-state index in [4.69, 9.17) is 15.3 Å². The second kappa shape index (κ2) is 3.84. The highest BCUT2D eigenvalue weighted by molar-refractivity contribution is 6.03. The van der Waals surface area contributed by atoms with Gasteiger partial charge in [-0.25, -0.2) is 4.79 Å². The summed E-state index contributed by atoms with van der Waals surface area (Å²) < 4.78 is 5.54. The average molecular weight is 255 g/mol. The van der Waals surface area contributed by atoms with Crippen molar-refractivity contribution in [1.29, 1.82) is 0 Å². The van der Waals surface area contributed by atoms with Gasteiger partial charge in [0.15, 0.2) is 5.58 Å². The molecule has 0 atom stereocenters. The Bertz CT molecular complexity index is 880. The number of carbonyl (C=O) groups is 1. The van der Waals surface area contributed by atoms with E-state index in [2.05, 4.69) is 0 Å². The lowest BCUT2D eigenvalue weighted by Gasteiger charge is -2.04. The maximum Gasteiger partial charge on any atom is 0.339 e. The van der Waals surface area contributed by atoms with Crippen LogP contribution in [0.2, 0.25) is 0 Å². The standard InChI is InChI=1S/C14H9NO4/c15-7-4-5-11-10(6-7)12(16)8-2-1-3-9(14(17)18)13(8)19-11/h1-6H,15H2,(H,17,18). The molecule has 19 heavy (non-hydrogen) atoms. The van der Waals surface area contributed by atoms with E-state index in [0.29, 0.717) is 16.7 Å². The van der Waals surface area contributed by atoms with Gasteiger partial charge in [0.2, 0.25) is 5.43 Å². The number of benzene rings is 2. The lowest BCUT2D eigenvalue weighted by atomic mass is 10.1. The molecule has 94 valence electrons. The molecule has 0 aliphatic rings. The van der Waals surface area contributed by atoms with Gasteiger partial charge in [-0.05, 0) is 30.3 Å². The average Bonchev–Trinajstić information content (AvgIpc) is 2.39. The lowest BCUT2D eigenvalue weighted by molar-refractivity contribution is 0.0698. The highest BCUT2D eigenvalue weighted by Crippen LogP contribution is 2.23. The van der Waals surface area contributed by atoms with E-state index in [1.807, 2.05) is 0 Å². The predicted octanol–water partition coefficient (Wildman–Crippen LogP) is 2.23. The first-order chi connectivity index (χ1) is 9.08. The van der Waals surface area contributed by atoms with Crippen LogP contribution in [0.1, 0.15) is 10.4 Å². The van der Waals surface area contributed by atoms with E-state index < -0.39 is 5.97 Å². The monoisotopic (exact) mass is 255 g/mol. The number of hydrogen-bond donors (Lipinski definition) is 2. The molecule has 0 aliphatic heterocycles. The molecule has 0 bridgehead atoms. The normalized spacial score (nSPS) is 10.9. The Hall–Kier alpha value is -2.82. The third-order valence-electron chi connectivity index (χ3n) is 2.95. The minimum Gasteiger partial charge on any atom is -0.478 e. The second-order valence-electron chi connectivity index (χ2n) is 4.17. The maximum absolute atomic E-state index is 12.3. The lowest BCUT2D eigenvalue weighted by Crippen LogP contribution is -2.06. The number of anilines is 1. The fourth-order valence-electron chi connectivity index (χ4n) is 2.06. The third kappa shape index (κ3) is 1.63. The van der Waals surface area contributed by atoms with Gasteiger partial charge in [-0.3, -0.25) is 4.79 Å². The molecule has 5 heteroatoms. The zero-order chi connectivity index (χ0) is 13.6. The van der Waals surface area contributed by atoms with Gasteiger partial charge in [0.1, 0.15) is 11.1 Å². The molecule has 0 radical (unpaired) electrons. The number of fused-ring (bicyclic) bond motifs is 2. The fourth-order valence-corrected chi connectivity index (χ4v) is 2.06. The van der Waals surface area contributed by atoms with Gasteiger partial charge < -0.3 is 15.3 Å². The number of para-hydroxylation sites is 1. The first kappa shape index (κ1) is 11.3. The molecule has 0 saturated heterocycles. The quantitative estimate of drug-likeness (QED) is 0.513. The topological polar surface area (TPSA) is 93.5 Å². The molecular weight excluding hydrogens is 246 g/mol. The van der Waals surface area contributed by atoms with Gasteiger partial charge in [-0.2, -0.15) is 0 Å². The van der Waals surface area contributed by atoms with Crippen LogP contribution in [0.5, 0.6) is 0 Å². The van der Waals surface area contributed by atoms with Crippen LogP contribution in [-0.2, 0) is 0 Å². The summed E-state index contributed by atoms with van der Waals surface area (Å²) in [6.07, 6.45) is 0. The van der Waals surface area contributed by atoms with Crippen molar-refractivity contribution in [1.82, 2.24) is 0 Å². The molecule has 3 rings (SSSR count). The summed E-state index contributed by atoms with van der Waals surface area (Å²) >= 11 is 0. The van der Waals surface area contributed by atoms with Crippen LogP contribution in [0.4, 0.5) is 5.69 Å². The summed E-state index contributed by atoms with van der Waals surface area (Å²) in [5.74, 6) is -1.14.